The molecule has 0 spiro atoms. The highest BCUT2D eigenvalue weighted by atomic mass is 32.2. The zero-order valence-electron chi connectivity index (χ0n) is 8.81. The molecule has 6 heteroatoms. The van der Waals surface area contributed by atoms with Gasteiger partial charge in [0.15, 0.2) is 0 Å². The number of hydrogen-bond donors (Lipinski definition) is 0. The minimum atomic E-state index is -0.199. The predicted molar refractivity (Wildman–Crippen MR) is 57.9 cm³/mol. The number of imide groups is 1. The molecule has 2 saturated heterocycles. The van der Waals surface area contributed by atoms with E-state index in [1.807, 2.05) is 0 Å². The van der Waals surface area contributed by atoms with Crippen LogP contribution in [0.5, 0.6) is 0 Å². The molecule has 2 aliphatic heterocycles. The van der Waals surface area contributed by atoms with Gasteiger partial charge in [-0.15, -0.1) is 0 Å². The Morgan fingerprint density at radius 1 is 1.13 bits per heavy atom. The fourth-order valence-corrected chi connectivity index (χ4v) is 2.75. The lowest BCUT2D eigenvalue weighted by atomic mass is 10.2. The first-order valence-corrected chi connectivity index (χ1v) is 5.92. The lowest BCUT2D eigenvalue weighted by Gasteiger charge is -2.27. The van der Waals surface area contributed by atoms with Crippen molar-refractivity contribution in [2.24, 2.45) is 0 Å². The van der Waals surface area contributed by atoms with Crippen molar-refractivity contribution in [2.45, 2.75) is 19.3 Å². The third kappa shape index (κ3) is 2.26. The minimum Gasteiger partial charge on any atom is -0.317 e. The van der Waals surface area contributed by atoms with Crippen LogP contribution in [0.2, 0.25) is 0 Å². The van der Waals surface area contributed by atoms with Gasteiger partial charge in [-0.2, -0.15) is 4.31 Å². The lowest BCUT2D eigenvalue weighted by molar-refractivity contribution is -0.121. The number of likely N-dealkylation sites (N-methyl/N-ethyl adjacent to an activating group) is 1. The Kier molecular flexibility index (Phi) is 3.16. The summed E-state index contributed by atoms with van der Waals surface area (Å²) in [7, 11) is 1.65. The van der Waals surface area contributed by atoms with E-state index >= 15 is 0 Å². The second-order valence-corrected chi connectivity index (χ2v) is 4.94. The molecule has 2 aliphatic rings. The molecule has 0 aromatic carbocycles. The standard InChI is InChI=1S/C9H15N3O2S/c1-10-7-8(13)12(9(10)14)15-11-5-3-2-4-6-11/h2-7H2,1H3. The Labute approximate surface area is 93.6 Å². The topological polar surface area (TPSA) is 43.9 Å². The summed E-state index contributed by atoms with van der Waals surface area (Å²) in [6.45, 7) is 2.14. The zero-order chi connectivity index (χ0) is 10.8. The fourth-order valence-electron chi connectivity index (χ4n) is 1.74. The van der Waals surface area contributed by atoms with Crippen molar-refractivity contribution in [3.63, 3.8) is 0 Å². The fraction of sp³-hybridized carbons (Fsp3) is 0.778. The molecule has 3 amide bonds. The van der Waals surface area contributed by atoms with Crippen molar-refractivity contribution in [1.29, 1.82) is 0 Å². The average molecular weight is 229 g/mol. The molecule has 0 saturated carbocycles. The van der Waals surface area contributed by atoms with Crippen LogP contribution in [0.1, 0.15) is 19.3 Å². The molecule has 15 heavy (non-hydrogen) atoms. The van der Waals surface area contributed by atoms with Crippen LogP contribution in [0.25, 0.3) is 0 Å². The molecule has 0 radical (unpaired) electrons. The van der Waals surface area contributed by atoms with E-state index in [2.05, 4.69) is 4.31 Å². The van der Waals surface area contributed by atoms with Crippen LogP contribution in [-0.2, 0) is 4.79 Å². The number of carbonyl (C=O) groups excluding carboxylic acids is 2. The number of hydrogen-bond acceptors (Lipinski definition) is 4. The molecule has 0 atom stereocenters. The Hall–Kier alpha value is -0.750. The molecule has 0 N–H and O–H groups in total. The van der Waals surface area contributed by atoms with Crippen LogP contribution in [0, 0.1) is 0 Å². The van der Waals surface area contributed by atoms with Crippen LogP contribution >= 0.6 is 12.1 Å². The van der Waals surface area contributed by atoms with Crippen molar-refractivity contribution in [3.8, 4) is 0 Å². The molecular weight excluding hydrogens is 214 g/mol. The van der Waals surface area contributed by atoms with Crippen LogP contribution in [0.15, 0.2) is 0 Å². The van der Waals surface area contributed by atoms with E-state index in [4.69, 9.17) is 0 Å². The van der Waals surface area contributed by atoms with Gasteiger partial charge in [-0.1, -0.05) is 6.42 Å². The number of urea groups is 1. The Balaban J connectivity index is 1.93. The molecule has 84 valence electrons. The highest BCUT2D eigenvalue weighted by Gasteiger charge is 2.36. The summed E-state index contributed by atoms with van der Waals surface area (Å²) in [4.78, 5) is 24.5. The molecule has 5 nitrogen and oxygen atoms in total. The van der Waals surface area contributed by atoms with Gasteiger partial charge in [-0.05, 0) is 12.8 Å². The summed E-state index contributed by atoms with van der Waals surface area (Å²) in [5.74, 6) is -0.113. The van der Waals surface area contributed by atoms with E-state index < -0.39 is 0 Å². The molecule has 0 aliphatic carbocycles. The second kappa shape index (κ2) is 4.40. The summed E-state index contributed by atoms with van der Waals surface area (Å²) in [5, 5.41) is 0. The van der Waals surface area contributed by atoms with E-state index in [1.165, 1.54) is 27.8 Å². The maximum Gasteiger partial charge on any atom is 0.338 e. The molecule has 2 heterocycles. The maximum atomic E-state index is 11.6. The molecule has 0 bridgehead atoms. The summed E-state index contributed by atoms with van der Waals surface area (Å²) < 4.78 is 3.36. The van der Waals surface area contributed by atoms with E-state index in [-0.39, 0.29) is 18.5 Å². The zero-order valence-corrected chi connectivity index (χ0v) is 9.63. The van der Waals surface area contributed by atoms with Crippen LogP contribution in [-0.4, -0.2) is 52.1 Å². The Bertz CT molecular complexity index is 279. The quantitative estimate of drug-likeness (QED) is 0.522. The van der Waals surface area contributed by atoms with Gasteiger partial charge in [0.25, 0.3) is 5.91 Å². The maximum absolute atomic E-state index is 11.6. The summed E-state index contributed by atoms with van der Waals surface area (Å²) in [6.07, 6.45) is 3.55. The van der Waals surface area contributed by atoms with Gasteiger partial charge >= 0.3 is 6.03 Å². The van der Waals surface area contributed by atoms with Gasteiger partial charge in [0.05, 0.1) is 12.1 Å². The molecule has 2 fully saturated rings. The molecule has 2 rings (SSSR count). The normalized spacial score (nSPS) is 24.1. The number of rotatable bonds is 2. The molecular formula is C9H15N3O2S. The van der Waals surface area contributed by atoms with Gasteiger partial charge in [0.1, 0.15) is 6.54 Å². The van der Waals surface area contributed by atoms with Gasteiger partial charge < -0.3 is 4.90 Å². The highest BCUT2D eigenvalue weighted by Crippen LogP contribution is 2.25. The Morgan fingerprint density at radius 2 is 1.80 bits per heavy atom. The van der Waals surface area contributed by atoms with E-state index in [1.54, 1.807) is 7.05 Å². The van der Waals surface area contributed by atoms with Crippen molar-refractivity contribution in [1.82, 2.24) is 13.5 Å². The van der Waals surface area contributed by atoms with Crippen molar-refractivity contribution < 1.29 is 9.59 Å². The number of nitrogens with zero attached hydrogens (tertiary/aromatic N) is 3. The average Bonchev–Trinajstić information content (AvgIpc) is 2.47. The van der Waals surface area contributed by atoms with Crippen molar-refractivity contribution >= 4 is 24.1 Å². The SMILES string of the molecule is CN1CC(=O)N(SN2CCCCC2)C1=O. The summed E-state index contributed by atoms with van der Waals surface area (Å²) in [6, 6.07) is -0.199. The number of amides is 3. The van der Waals surface area contributed by atoms with Crippen molar-refractivity contribution in [3.05, 3.63) is 0 Å². The third-order valence-electron chi connectivity index (χ3n) is 2.61. The van der Waals surface area contributed by atoms with E-state index in [9.17, 15) is 9.59 Å². The first-order valence-electron chi connectivity index (χ1n) is 5.19. The van der Waals surface area contributed by atoms with Gasteiger partial charge in [0.2, 0.25) is 0 Å². The first kappa shape index (κ1) is 10.8. The van der Waals surface area contributed by atoms with Crippen LogP contribution < -0.4 is 0 Å². The van der Waals surface area contributed by atoms with Crippen LogP contribution in [0.3, 0.4) is 0 Å². The molecule has 0 aromatic heterocycles. The van der Waals surface area contributed by atoms with Gasteiger partial charge in [-0.3, -0.25) is 4.79 Å². The Morgan fingerprint density at radius 3 is 2.33 bits per heavy atom. The van der Waals surface area contributed by atoms with Crippen LogP contribution in [0.4, 0.5) is 4.79 Å². The highest BCUT2D eigenvalue weighted by molar-refractivity contribution is 7.95. The predicted octanol–water partition coefficient (Wildman–Crippen LogP) is 0.929. The van der Waals surface area contributed by atoms with E-state index in [0.29, 0.717) is 0 Å². The minimum absolute atomic E-state index is 0.113. The van der Waals surface area contributed by atoms with Crippen molar-refractivity contribution in [2.75, 3.05) is 26.7 Å². The lowest BCUT2D eigenvalue weighted by Crippen LogP contribution is -2.33. The van der Waals surface area contributed by atoms with Gasteiger partial charge in [0, 0.05) is 20.1 Å². The third-order valence-corrected chi connectivity index (χ3v) is 3.73. The van der Waals surface area contributed by atoms with Gasteiger partial charge in [-0.25, -0.2) is 9.10 Å². The van der Waals surface area contributed by atoms with E-state index in [0.717, 1.165) is 25.9 Å². The monoisotopic (exact) mass is 229 g/mol. The summed E-state index contributed by atoms with van der Waals surface area (Å²) >= 11 is 1.27. The first-order chi connectivity index (χ1) is 7.18. The summed E-state index contributed by atoms with van der Waals surface area (Å²) in [5.41, 5.74) is 0. The smallest absolute Gasteiger partial charge is 0.317 e. The second-order valence-electron chi connectivity index (χ2n) is 3.90. The number of piperidine rings is 1. The molecule has 0 aromatic rings. The largest absolute Gasteiger partial charge is 0.338 e. The molecule has 0 unspecified atom stereocenters. The number of carbonyl (C=O) groups is 2.